The van der Waals surface area contributed by atoms with Crippen molar-refractivity contribution in [3.63, 3.8) is 0 Å². The first-order valence-electron chi connectivity index (χ1n) is 5.21. The van der Waals surface area contributed by atoms with Crippen LogP contribution in [0, 0.1) is 0 Å². The third kappa shape index (κ3) is 1.70. The van der Waals surface area contributed by atoms with Crippen LogP contribution in [0.25, 0.3) is 16.9 Å². The van der Waals surface area contributed by atoms with Crippen LogP contribution in [-0.4, -0.2) is 14.5 Å². The lowest BCUT2D eigenvalue weighted by atomic mass is 10.3. The Morgan fingerprint density at radius 1 is 1.11 bits per heavy atom. The number of fused-ring (bicyclic) bond motifs is 1. The summed E-state index contributed by atoms with van der Waals surface area (Å²) in [7, 11) is 0. The van der Waals surface area contributed by atoms with Crippen molar-refractivity contribution in [3.8, 4) is 5.82 Å². The van der Waals surface area contributed by atoms with Gasteiger partial charge in [0.1, 0.15) is 12.1 Å². The Kier molecular flexibility index (Phi) is 2.61. The molecule has 90 valence electrons. The van der Waals surface area contributed by atoms with Crippen LogP contribution in [0.15, 0.2) is 36.7 Å². The summed E-state index contributed by atoms with van der Waals surface area (Å²) >= 11 is 12.0. The van der Waals surface area contributed by atoms with Crippen LogP contribution in [0.2, 0.25) is 10.0 Å². The number of imidazole rings is 1. The molecule has 2 aromatic heterocycles. The number of pyridine rings is 1. The van der Waals surface area contributed by atoms with Gasteiger partial charge in [-0.05, 0) is 18.2 Å². The third-order valence-electron chi connectivity index (χ3n) is 2.62. The van der Waals surface area contributed by atoms with E-state index in [0.717, 1.165) is 11.0 Å². The van der Waals surface area contributed by atoms with Crippen molar-refractivity contribution < 1.29 is 0 Å². The van der Waals surface area contributed by atoms with Crippen molar-refractivity contribution in [3.05, 3.63) is 46.7 Å². The number of benzene rings is 1. The highest BCUT2D eigenvalue weighted by Crippen LogP contribution is 2.28. The van der Waals surface area contributed by atoms with E-state index < -0.39 is 0 Å². The summed E-state index contributed by atoms with van der Waals surface area (Å²) in [5.41, 5.74) is 7.48. The summed E-state index contributed by atoms with van der Waals surface area (Å²) in [4.78, 5) is 8.48. The van der Waals surface area contributed by atoms with E-state index in [0.29, 0.717) is 15.9 Å². The SMILES string of the molecule is Nc1nc(-n2cnc3ccccc32)c(Cl)cc1Cl. The second-order valence-electron chi connectivity index (χ2n) is 3.76. The predicted octanol–water partition coefficient (Wildman–Crippen LogP) is 3.31. The van der Waals surface area contributed by atoms with Crippen LogP contribution < -0.4 is 5.73 Å². The summed E-state index contributed by atoms with van der Waals surface area (Å²) in [5.74, 6) is 0.765. The standard InChI is InChI=1S/C12H8Cl2N4/c13-7-5-8(14)12(17-11(7)15)18-6-16-9-3-1-2-4-10(9)18/h1-6H,(H2,15,17). The van der Waals surface area contributed by atoms with Crippen molar-refractivity contribution in [2.24, 2.45) is 0 Å². The molecule has 4 nitrogen and oxygen atoms in total. The highest BCUT2D eigenvalue weighted by Gasteiger charge is 2.11. The number of aromatic nitrogens is 3. The van der Waals surface area contributed by atoms with Gasteiger partial charge in [-0.25, -0.2) is 9.97 Å². The number of halogens is 2. The van der Waals surface area contributed by atoms with Crippen molar-refractivity contribution in [2.45, 2.75) is 0 Å². The van der Waals surface area contributed by atoms with Crippen LogP contribution in [0.5, 0.6) is 0 Å². The van der Waals surface area contributed by atoms with Gasteiger partial charge in [0.05, 0.1) is 21.1 Å². The maximum atomic E-state index is 6.14. The van der Waals surface area contributed by atoms with Gasteiger partial charge >= 0.3 is 0 Å². The molecular weight excluding hydrogens is 271 g/mol. The van der Waals surface area contributed by atoms with Crippen molar-refractivity contribution in [1.29, 1.82) is 0 Å². The van der Waals surface area contributed by atoms with Gasteiger partial charge in [0.25, 0.3) is 0 Å². The predicted molar refractivity (Wildman–Crippen MR) is 73.3 cm³/mol. The molecule has 18 heavy (non-hydrogen) atoms. The lowest BCUT2D eigenvalue weighted by Gasteiger charge is -2.07. The molecule has 0 amide bonds. The zero-order valence-corrected chi connectivity index (χ0v) is 10.7. The normalized spacial score (nSPS) is 11.0. The van der Waals surface area contributed by atoms with Crippen molar-refractivity contribution >= 4 is 40.1 Å². The Morgan fingerprint density at radius 2 is 1.89 bits per heavy atom. The zero-order valence-electron chi connectivity index (χ0n) is 9.14. The molecule has 0 spiro atoms. The summed E-state index contributed by atoms with van der Waals surface area (Å²) in [5, 5.41) is 0.769. The molecule has 2 N–H and O–H groups in total. The van der Waals surface area contributed by atoms with Crippen molar-refractivity contribution in [2.75, 3.05) is 5.73 Å². The second-order valence-corrected chi connectivity index (χ2v) is 4.58. The molecule has 3 aromatic rings. The smallest absolute Gasteiger partial charge is 0.159 e. The topological polar surface area (TPSA) is 56.7 Å². The number of anilines is 1. The van der Waals surface area contributed by atoms with Gasteiger partial charge in [-0.2, -0.15) is 0 Å². The Morgan fingerprint density at radius 3 is 2.72 bits per heavy atom. The van der Waals surface area contributed by atoms with E-state index in [9.17, 15) is 0 Å². The highest BCUT2D eigenvalue weighted by atomic mass is 35.5. The fraction of sp³-hybridized carbons (Fsp3) is 0. The van der Waals surface area contributed by atoms with Gasteiger partial charge in [0.15, 0.2) is 5.82 Å². The van der Waals surface area contributed by atoms with E-state index in [2.05, 4.69) is 9.97 Å². The van der Waals surface area contributed by atoms with E-state index in [1.165, 1.54) is 0 Å². The first-order chi connectivity index (χ1) is 8.66. The first kappa shape index (κ1) is 11.3. The molecule has 0 saturated carbocycles. The van der Waals surface area contributed by atoms with Gasteiger partial charge in [-0.15, -0.1) is 0 Å². The molecule has 0 bridgehead atoms. The lowest BCUT2D eigenvalue weighted by molar-refractivity contribution is 1.03. The minimum atomic E-state index is 0.244. The molecule has 0 saturated heterocycles. The maximum Gasteiger partial charge on any atom is 0.159 e. The molecule has 3 rings (SSSR count). The molecular formula is C12H8Cl2N4. The largest absolute Gasteiger partial charge is 0.382 e. The molecule has 2 heterocycles. The van der Waals surface area contributed by atoms with Crippen LogP contribution in [0.4, 0.5) is 5.82 Å². The molecule has 1 aromatic carbocycles. The lowest BCUT2D eigenvalue weighted by Crippen LogP contribution is -2.01. The number of para-hydroxylation sites is 2. The molecule has 0 atom stereocenters. The van der Waals surface area contributed by atoms with Gasteiger partial charge in [-0.1, -0.05) is 35.3 Å². The van der Waals surface area contributed by atoms with E-state index >= 15 is 0 Å². The Balaban J connectivity index is 2.29. The van der Waals surface area contributed by atoms with Gasteiger partial charge in [0, 0.05) is 0 Å². The molecule has 0 fully saturated rings. The van der Waals surface area contributed by atoms with E-state index in [-0.39, 0.29) is 5.82 Å². The number of nitrogens with zero attached hydrogens (tertiary/aromatic N) is 3. The summed E-state index contributed by atoms with van der Waals surface area (Å²) in [6.45, 7) is 0. The minimum absolute atomic E-state index is 0.244. The monoisotopic (exact) mass is 278 g/mol. The number of rotatable bonds is 1. The number of nitrogens with two attached hydrogens (primary N) is 1. The first-order valence-corrected chi connectivity index (χ1v) is 5.96. The van der Waals surface area contributed by atoms with Crippen LogP contribution in [0.3, 0.4) is 0 Å². The third-order valence-corrected chi connectivity index (χ3v) is 3.20. The Bertz CT molecular complexity index is 736. The number of hydrogen-bond donors (Lipinski definition) is 1. The molecule has 0 unspecified atom stereocenters. The quantitative estimate of drug-likeness (QED) is 0.743. The fourth-order valence-corrected chi connectivity index (χ4v) is 2.22. The fourth-order valence-electron chi connectivity index (χ4n) is 1.77. The van der Waals surface area contributed by atoms with Gasteiger partial charge < -0.3 is 5.73 Å². The Hall–Kier alpha value is -1.78. The molecule has 0 aliphatic carbocycles. The Labute approximate surface area is 113 Å². The number of nitrogen functional groups attached to an aromatic ring is 1. The minimum Gasteiger partial charge on any atom is -0.382 e. The second kappa shape index (κ2) is 4.15. The highest BCUT2D eigenvalue weighted by molar-refractivity contribution is 6.36. The average molecular weight is 279 g/mol. The molecule has 0 aliphatic heterocycles. The van der Waals surface area contributed by atoms with Crippen LogP contribution in [-0.2, 0) is 0 Å². The van der Waals surface area contributed by atoms with Gasteiger partial charge in [-0.3, -0.25) is 4.57 Å². The zero-order chi connectivity index (χ0) is 12.7. The summed E-state index contributed by atoms with van der Waals surface area (Å²) in [6.07, 6.45) is 1.66. The van der Waals surface area contributed by atoms with Crippen LogP contribution in [0.1, 0.15) is 0 Å². The van der Waals surface area contributed by atoms with Crippen molar-refractivity contribution in [1.82, 2.24) is 14.5 Å². The summed E-state index contributed by atoms with van der Waals surface area (Å²) < 4.78 is 1.78. The van der Waals surface area contributed by atoms with Crippen LogP contribution >= 0.6 is 23.2 Å². The molecule has 6 heteroatoms. The molecule has 0 radical (unpaired) electrons. The summed E-state index contributed by atoms with van der Waals surface area (Å²) in [6, 6.07) is 9.28. The number of hydrogen-bond acceptors (Lipinski definition) is 3. The van der Waals surface area contributed by atoms with Gasteiger partial charge in [0.2, 0.25) is 0 Å². The molecule has 0 aliphatic rings. The van der Waals surface area contributed by atoms with E-state index in [1.54, 1.807) is 17.0 Å². The average Bonchev–Trinajstić information content (AvgIpc) is 2.78. The van der Waals surface area contributed by atoms with E-state index in [1.807, 2.05) is 24.3 Å². The van der Waals surface area contributed by atoms with E-state index in [4.69, 9.17) is 28.9 Å². The maximum absolute atomic E-state index is 6.14.